The van der Waals surface area contributed by atoms with Gasteiger partial charge < -0.3 is 24.4 Å². The molecule has 1 heterocycles. The van der Waals surface area contributed by atoms with Crippen molar-refractivity contribution in [3.05, 3.63) is 77.9 Å². The van der Waals surface area contributed by atoms with E-state index >= 15 is 0 Å². The van der Waals surface area contributed by atoms with Crippen molar-refractivity contribution < 1.29 is 23.8 Å². The van der Waals surface area contributed by atoms with Crippen LogP contribution in [0.5, 0.6) is 17.2 Å². The summed E-state index contributed by atoms with van der Waals surface area (Å²) in [4.78, 5) is 27.0. The first-order valence-corrected chi connectivity index (χ1v) is 11.7. The van der Waals surface area contributed by atoms with E-state index < -0.39 is 0 Å². The molecule has 1 aliphatic rings. The van der Waals surface area contributed by atoms with Gasteiger partial charge in [-0.2, -0.15) is 0 Å². The van der Waals surface area contributed by atoms with Crippen LogP contribution in [0.1, 0.15) is 24.0 Å². The van der Waals surface area contributed by atoms with Gasteiger partial charge in [0.05, 0.1) is 19.9 Å². The summed E-state index contributed by atoms with van der Waals surface area (Å²) in [5, 5.41) is 2.94. The molecule has 2 amide bonds. The first-order chi connectivity index (χ1) is 17.1. The van der Waals surface area contributed by atoms with Crippen LogP contribution < -0.4 is 24.4 Å². The largest absolute Gasteiger partial charge is 0.493 e. The summed E-state index contributed by atoms with van der Waals surface area (Å²) in [6, 6.07) is 21.2. The average Bonchev–Trinajstić information content (AvgIpc) is 2.89. The van der Waals surface area contributed by atoms with E-state index in [0.717, 1.165) is 18.4 Å². The van der Waals surface area contributed by atoms with Crippen molar-refractivity contribution in [2.45, 2.75) is 25.7 Å². The minimum absolute atomic E-state index is 0.0232. The number of aryl methyl sites for hydroxylation is 2. The minimum atomic E-state index is -0.113. The molecule has 0 atom stereocenters. The number of rotatable bonds is 10. The second kappa shape index (κ2) is 11.4. The standard InChI is InChI=1S/C28H30N2O5/c1-33-25-13-10-21(17-26(25)34-2)11-15-27(31)29-22-12-14-24-23(18-22)30(28(32)19-35-24)16-6-9-20-7-4-3-5-8-20/h3-5,7-8,10,12-14,17-18H,6,9,11,15-16,19H2,1-2H3,(H,29,31). The van der Waals surface area contributed by atoms with Gasteiger partial charge >= 0.3 is 0 Å². The lowest BCUT2D eigenvalue weighted by Crippen LogP contribution is -2.39. The second-order valence-corrected chi connectivity index (χ2v) is 8.34. The van der Waals surface area contributed by atoms with Gasteiger partial charge in [-0.25, -0.2) is 0 Å². The Morgan fingerprint density at radius 1 is 0.943 bits per heavy atom. The molecule has 0 aliphatic carbocycles. The topological polar surface area (TPSA) is 77.1 Å². The van der Waals surface area contributed by atoms with Crippen molar-refractivity contribution in [1.82, 2.24) is 0 Å². The Labute approximate surface area is 205 Å². The predicted molar refractivity (Wildman–Crippen MR) is 136 cm³/mol. The third-order valence-electron chi connectivity index (χ3n) is 5.96. The van der Waals surface area contributed by atoms with E-state index in [1.54, 1.807) is 31.3 Å². The van der Waals surface area contributed by atoms with Gasteiger partial charge in [0.2, 0.25) is 5.91 Å². The zero-order valence-corrected chi connectivity index (χ0v) is 20.1. The normalized spacial score (nSPS) is 12.5. The highest BCUT2D eigenvalue weighted by molar-refractivity contribution is 5.99. The van der Waals surface area contributed by atoms with Gasteiger partial charge in [-0.15, -0.1) is 0 Å². The lowest BCUT2D eigenvalue weighted by Gasteiger charge is -2.30. The van der Waals surface area contributed by atoms with Crippen molar-refractivity contribution in [2.24, 2.45) is 0 Å². The van der Waals surface area contributed by atoms with E-state index in [1.165, 1.54) is 5.56 Å². The van der Waals surface area contributed by atoms with Crippen molar-refractivity contribution in [1.29, 1.82) is 0 Å². The lowest BCUT2D eigenvalue weighted by molar-refractivity contribution is -0.121. The first-order valence-electron chi connectivity index (χ1n) is 11.7. The van der Waals surface area contributed by atoms with Crippen molar-refractivity contribution in [2.75, 3.05) is 37.6 Å². The van der Waals surface area contributed by atoms with Gasteiger partial charge in [0.1, 0.15) is 5.75 Å². The highest BCUT2D eigenvalue weighted by atomic mass is 16.5. The number of benzene rings is 3. The maximum Gasteiger partial charge on any atom is 0.265 e. The summed E-state index contributed by atoms with van der Waals surface area (Å²) in [7, 11) is 3.18. The number of hydrogen-bond donors (Lipinski definition) is 1. The van der Waals surface area contributed by atoms with Gasteiger partial charge in [-0.1, -0.05) is 36.4 Å². The molecule has 4 rings (SSSR count). The number of nitrogens with one attached hydrogen (secondary N) is 1. The number of ether oxygens (including phenoxy) is 3. The summed E-state index contributed by atoms with van der Waals surface area (Å²) in [5.74, 6) is 1.74. The van der Waals surface area contributed by atoms with E-state index in [2.05, 4.69) is 17.4 Å². The summed E-state index contributed by atoms with van der Waals surface area (Å²) in [6.07, 6.45) is 2.58. The number of fused-ring (bicyclic) bond motifs is 1. The molecule has 35 heavy (non-hydrogen) atoms. The molecule has 0 spiro atoms. The van der Waals surface area contributed by atoms with Gasteiger partial charge in [0, 0.05) is 18.7 Å². The van der Waals surface area contributed by atoms with Crippen molar-refractivity contribution >= 4 is 23.2 Å². The molecule has 0 bridgehead atoms. The highest BCUT2D eigenvalue weighted by Crippen LogP contribution is 2.35. The average molecular weight is 475 g/mol. The zero-order chi connectivity index (χ0) is 24.6. The molecule has 3 aromatic carbocycles. The maximum atomic E-state index is 12.6. The van der Waals surface area contributed by atoms with Crippen LogP contribution in [0.25, 0.3) is 0 Å². The Balaban J connectivity index is 1.37. The van der Waals surface area contributed by atoms with Crippen LogP contribution in [-0.2, 0) is 22.4 Å². The van der Waals surface area contributed by atoms with Crippen LogP contribution in [0.2, 0.25) is 0 Å². The van der Waals surface area contributed by atoms with Gasteiger partial charge in [0.25, 0.3) is 5.91 Å². The molecule has 0 saturated heterocycles. The fourth-order valence-electron chi connectivity index (χ4n) is 4.13. The minimum Gasteiger partial charge on any atom is -0.493 e. The van der Waals surface area contributed by atoms with E-state index in [4.69, 9.17) is 14.2 Å². The monoisotopic (exact) mass is 474 g/mol. The molecule has 0 aromatic heterocycles. The van der Waals surface area contributed by atoms with Crippen LogP contribution in [0.4, 0.5) is 11.4 Å². The van der Waals surface area contributed by atoms with Gasteiger partial charge in [0.15, 0.2) is 18.1 Å². The maximum absolute atomic E-state index is 12.6. The van der Waals surface area contributed by atoms with E-state index in [1.807, 2.05) is 42.5 Å². The molecule has 0 saturated carbocycles. The Morgan fingerprint density at radius 3 is 2.51 bits per heavy atom. The number of methoxy groups -OCH3 is 2. The molecule has 182 valence electrons. The quantitative estimate of drug-likeness (QED) is 0.464. The third-order valence-corrected chi connectivity index (χ3v) is 5.96. The smallest absolute Gasteiger partial charge is 0.265 e. The zero-order valence-electron chi connectivity index (χ0n) is 20.1. The summed E-state index contributed by atoms with van der Waals surface area (Å²) < 4.78 is 16.2. The molecule has 3 aromatic rings. The van der Waals surface area contributed by atoms with E-state index in [-0.39, 0.29) is 18.4 Å². The van der Waals surface area contributed by atoms with Crippen molar-refractivity contribution in [3.8, 4) is 17.2 Å². The number of carbonyl (C=O) groups is 2. The fraction of sp³-hybridized carbons (Fsp3) is 0.286. The fourth-order valence-corrected chi connectivity index (χ4v) is 4.13. The Morgan fingerprint density at radius 2 is 1.74 bits per heavy atom. The molecular formula is C28H30N2O5. The molecule has 7 nitrogen and oxygen atoms in total. The Kier molecular flexibility index (Phi) is 7.88. The highest BCUT2D eigenvalue weighted by Gasteiger charge is 2.25. The molecule has 1 N–H and O–H groups in total. The molecule has 0 radical (unpaired) electrons. The van der Waals surface area contributed by atoms with Crippen LogP contribution in [0.15, 0.2) is 66.7 Å². The van der Waals surface area contributed by atoms with Crippen LogP contribution in [0, 0.1) is 0 Å². The molecule has 0 fully saturated rings. The van der Waals surface area contributed by atoms with Gasteiger partial charge in [-0.3, -0.25) is 9.59 Å². The van der Waals surface area contributed by atoms with Crippen LogP contribution in [0.3, 0.4) is 0 Å². The van der Waals surface area contributed by atoms with Gasteiger partial charge in [-0.05, 0) is 60.7 Å². The number of nitrogens with zero attached hydrogens (tertiary/aromatic N) is 1. The molecule has 7 heteroatoms. The summed E-state index contributed by atoms with van der Waals surface area (Å²) >= 11 is 0. The van der Waals surface area contributed by atoms with Crippen molar-refractivity contribution in [3.63, 3.8) is 0 Å². The third kappa shape index (κ3) is 6.12. The molecular weight excluding hydrogens is 444 g/mol. The molecule has 0 unspecified atom stereocenters. The summed E-state index contributed by atoms with van der Waals surface area (Å²) in [5.41, 5.74) is 3.54. The van der Waals surface area contributed by atoms with E-state index in [0.29, 0.717) is 48.0 Å². The second-order valence-electron chi connectivity index (χ2n) is 8.34. The predicted octanol–water partition coefficient (Wildman–Crippen LogP) is 4.63. The SMILES string of the molecule is COc1ccc(CCC(=O)Nc2ccc3c(c2)N(CCCc2ccccc2)C(=O)CO3)cc1OC. The number of anilines is 2. The lowest BCUT2D eigenvalue weighted by atomic mass is 10.1. The first kappa shape index (κ1) is 24.1. The number of amides is 2. The molecule has 1 aliphatic heterocycles. The number of carbonyl (C=O) groups excluding carboxylic acids is 2. The Hall–Kier alpha value is -4.00. The Bertz CT molecular complexity index is 1180. The van der Waals surface area contributed by atoms with Crippen LogP contribution >= 0.6 is 0 Å². The summed E-state index contributed by atoms with van der Waals surface area (Å²) in [6.45, 7) is 0.607. The van der Waals surface area contributed by atoms with Crippen LogP contribution in [-0.4, -0.2) is 39.2 Å². The van der Waals surface area contributed by atoms with E-state index in [9.17, 15) is 9.59 Å². The number of hydrogen-bond acceptors (Lipinski definition) is 5.